The van der Waals surface area contributed by atoms with Crippen LogP contribution >= 0.6 is 0 Å². The van der Waals surface area contributed by atoms with Crippen LogP contribution < -0.4 is 5.32 Å². The first-order valence-electron chi connectivity index (χ1n) is 19.1. The molecule has 0 bridgehead atoms. The van der Waals surface area contributed by atoms with Gasteiger partial charge in [-0.1, -0.05) is 0 Å². The molecule has 0 aromatic heterocycles. The first-order valence-corrected chi connectivity index (χ1v) is 19.1. The normalized spacial score (nSPS) is 20.9. The van der Waals surface area contributed by atoms with E-state index in [0.717, 1.165) is 0 Å². The molecule has 23 nitrogen and oxygen atoms in total. The molecule has 2 rings (SSSR count). The summed E-state index contributed by atoms with van der Waals surface area (Å²) in [6.07, 6.45) is -1.85. The van der Waals surface area contributed by atoms with Crippen LogP contribution in [-0.2, 0) is 28.8 Å². The third kappa shape index (κ3) is 24.0. The van der Waals surface area contributed by atoms with E-state index >= 15 is 0 Å². The Kier molecular flexibility index (Phi) is 23.6. The molecule has 2 unspecified atom stereocenters. The highest BCUT2D eigenvalue weighted by Gasteiger charge is 2.24. The third-order valence-electron chi connectivity index (χ3n) is 9.71. The van der Waals surface area contributed by atoms with E-state index in [2.05, 4.69) is 5.32 Å². The number of aliphatic hydroxyl groups excluding tert-OH is 2. The van der Waals surface area contributed by atoms with Gasteiger partial charge in [-0.25, -0.2) is 0 Å². The molecule has 23 heteroatoms. The van der Waals surface area contributed by atoms with Crippen molar-refractivity contribution in [3.8, 4) is 0 Å². The molecule has 2 aliphatic rings. The van der Waals surface area contributed by atoms with Crippen LogP contribution in [0.4, 0.5) is 0 Å². The number of rotatable bonds is 20. The SMILES string of the molecule is O=C(O)CN1CCN(CC(=O)O)CCN(CC(O)CNCC(O)CN2CCN(CC(=O)O)CCN(CC(=O)O)CCN(CC(=O)O)CC2)CCN(CC(=O)O)CC1. The molecule has 0 radical (unpaired) electrons. The van der Waals surface area contributed by atoms with Gasteiger partial charge >= 0.3 is 35.8 Å². The molecule has 2 fully saturated rings. The summed E-state index contributed by atoms with van der Waals surface area (Å²) in [5, 5.41) is 81.6. The van der Waals surface area contributed by atoms with Crippen LogP contribution in [0, 0.1) is 0 Å². The number of aliphatic hydroxyl groups is 2. The largest absolute Gasteiger partial charge is 0.480 e. The zero-order valence-corrected chi connectivity index (χ0v) is 32.6. The standard InChI is InChI=1S/C34H63N9O14/c44-27(19-36-1-5-38(21-29(46)47)9-13-42(25-33(54)55)14-10-39(6-2-36)22-30(48)49)17-35-18-28(45)20-37-3-7-40(23-31(50)51)11-15-43(26-34(56)57)16-12-41(8-4-37)24-32(52)53/h27-28,35,44-45H,1-26H2,(H,46,47)(H,48,49)(H,50,51)(H,52,53)(H,54,55)(H,56,57). The number of carboxylic acid groups (broad SMARTS) is 6. The first-order chi connectivity index (χ1) is 27.0. The van der Waals surface area contributed by atoms with Gasteiger partial charge in [0.05, 0.1) is 51.5 Å². The fourth-order valence-corrected chi connectivity index (χ4v) is 6.76. The molecule has 57 heavy (non-hydrogen) atoms. The number of aliphatic carboxylic acids is 6. The molecule has 0 aromatic carbocycles. The number of β-amino-alcohol motifs (C(OH)–C–C–N with tert-alkyl or cyclic N) is 2. The van der Waals surface area contributed by atoms with Gasteiger partial charge in [0.1, 0.15) is 0 Å². The van der Waals surface area contributed by atoms with Crippen LogP contribution in [0.1, 0.15) is 0 Å². The lowest BCUT2D eigenvalue weighted by Crippen LogP contribution is -2.50. The Morgan fingerprint density at radius 3 is 0.649 bits per heavy atom. The van der Waals surface area contributed by atoms with Crippen molar-refractivity contribution in [1.82, 2.24) is 44.5 Å². The van der Waals surface area contributed by atoms with E-state index in [0.29, 0.717) is 52.4 Å². The molecular formula is C34H63N9O14. The quantitative estimate of drug-likeness (QED) is 0.0553. The number of carboxylic acids is 6. The van der Waals surface area contributed by atoms with Gasteiger partial charge in [0.15, 0.2) is 0 Å². The zero-order chi connectivity index (χ0) is 42.3. The minimum absolute atomic E-state index is 0.0843. The summed E-state index contributed by atoms with van der Waals surface area (Å²) in [5.41, 5.74) is 0. The zero-order valence-electron chi connectivity index (χ0n) is 32.6. The topological polar surface area (TPSA) is 302 Å². The predicted molar refractivity (Wildman–Crippen MR) is 202 cm³/mol. The van der Waals surface area contributed by atoms with Crippen LogP contribution in [0.2, 0.25) is 0 Å². The maximum absolute atomic E-state index is 11.6. The third-order valence-corrected chi connectivity index (χ3v) is 9.71. The lowest BCUT2D eigenvalue weighted by molar-refractivity contribution is -0.140. The van der Waals surface area contributed by atoms with E-state index < -0.39 is 48.0 Å². The number of hydrogen-bond acceptors (Lipinski definition) is 17. The number of carbonyl (C=O) groups is 6. The molecule has 2 saturated heterocycles. The Morgan fingerprint density at radius 1 is 0.333 bits per heavy atom. The second-order valence-electron chi connectivity index (χ2n) is 14.6. The number of nitrogens with one attached hydrogen (secondary N) is 1. The second kappa shape index (κ2) is 27.1. The van der Waals surface area contributed by atoms with Crippen LogP contribution in [0.3, 0.4) is 0 Å². The molecule has 0 saturated carbocycles. The molecule has 2 heterocycles. The van der Waals surface area contributed by atoms with Crippen molar-refractivity contribution in [3.63, 3.8) is 0 Å². The van der Waals surface area contributed by atoms with E-state index in [1.54, 1.807) is 29.4 Å². The molecular weight excluding hydrogens is 758 g/mol. The van der Waals surface area contributed by atoms with Gasteiger partial charge in [0.2, 0.25) is 0 Å². The fraction of sp³-hybridized carbons (Fsp3) is 0.824. The van der Waals surface area contributed by atoms with Gasteiger partial charge in [0.25, 0.3) is 0 Å². The van der Waals surface area contributed by atoms with Crippen molar-refractivity contribution in [2.24, 2.45) is 0 Å². The van der Waals surface area contributed by atoms with Crippen LogP contribution in [0.15, 0.2) is 0 Å². The lowest BCUT2D eigenvalue weighted by Gasteiger charge is -2.34. The minimum Gasteiger partial charge on any atom is -0.480 e. The van der Waals surface area contributed by atoms with Crippen LogP contribution in [0.25, 0.3) is 0 Å². The smallest absolute Gasteiger partial charge is 0.317 e. The van der Waals surface area contributed by atoms with Crippen LogP contribution in [0.5, 0.6) is 0 Å². The van der Waals surface area contributed by atoms with Crippen molar-refractivity contribution in [2.45, 2.75) is 12.2 Å². The van der Waals surface area contributed by atoms with E-state index in [-0.39, 0.29) is 118 Å². The molecule has 2 aliphatic heterocycles. The number of hydrogen-bond donors (Lipinski definition) is 9. The summed E-state index contributed by atoms with van der Waals surface area (Å²) in [4.78, 5) is 83.0. The Hall–Kier alpha value is -3.62. The molecule has 0 amide bonds. The Morgan fingerprint density at radius 2 is 0.491 bits per heavy atom. The van der Waals surface area contributed by atoms with Gasteiger partial charge in [-0.3, -0.25) is 68.0 Å². The Labute approximate surface area is 332 Å². The van der Waals surface area contributed by atoms with Gasteiger partial charge < -0.3 is 46.2 Å². The molecule has 0 aliphatic carbocycles. The number of nitrogens with zero attached hydrogens (tertiary/aromatic N) is 8. The fourth-order valence-electron chi connectivity index (χ4n) is 6.76. The van der Waals surface area contributed by atoms with Crippen molar-refractivity contribution >= 4 is 35.8 Å². The lowest BCUT2D eigenvalue weighted by atomic mass is 10.2. The van der Waals surface area contributed by atoms with Crippen molar-refractivity contribution in [3.05, 3.63) is 0 Å². The summed E-state index contributed by atoms with van der Waals surface area (Å²) in [5.74, 6) is -6.26. The average molecular weight is 822 g/mol. The highest BCUT2D eigenvalue weighted by Crippen LogP contribution is 2.05. The summed E-state index contributed by atoms with van der Waals surface area (Å²) in [7, 11) is 0. The van der Waals surface area contributed by atoms with E-state index in [1.165, 1.54) is 0 Å². The van der Waals surface area contributed by atoms with Crippen LogP contribution in [-0.4, -0.2) is 298 Å². The molecule has 9 N–H and O–H groups in total. The molecule has 2 atom stereocenters. The second-order valence-corrected chi connectivity index (χ2v) is 14.6. The van der Waals surface area contributed by atoms with E-state index in [1.807, 2.05) is 9.80 Å². The summed E-state index contributed by atoms with van der Waals surface area (Å²) in [6.45, 7) is 3.61. The van der Waals surface area contributed by atoms with E-state index in [9.17, 15) is 69.6 Å². The van der Waals surface area contributed by atoms with Crippen molar-refractivity contribution in [2.75, 3.05) is 170 Å². The van der Waals surface area contributed by atoms with Crippen molar-refractivity contribution < 1.29 is 69.6 Å². The van der Waals surface area contributed by atoms with Gasteiger partial charge in [-0.2, -0.15) is 0 Å². The first kappa shape index (κ1) is 49.5. The Balaban J connectivity index is 2.03. The highest BCUT2D eigenvalue weighted by molar-refractivity contribution is 5.70. The molecule has 328 valence electrons. The highest BCUT2D eigenvalue weighted by atomic mass is 16.4. The van der Waals surface area contributed by atoms with Gasteiger partial charge in [-0.15, -0.1) is 0 Å². The maximum atomic E-state index is 11.6. The predicted octanol–water partition coefficient (Wildman–Crippen LogP) is -5.75. The minimum atomic E-state index is -1.05. The maximum Gasteiger partial charge on any atom is 0.317 e. The van der Waals surface area contributed by atoms with Crippen molar-refractivity contribution in [1.29, 1.82) is 0 Å². The summed E-state index contributed by atoms with van der Waals surface area (Å²) < 4.78 is 0. The van der Waals surface area contributed by atoms with Gasteiger partial charge in [0, 0.05) is 131 Å². The average Bonchev–Trinajstić information content (AvgIpc) is 3.09. The van der Waals surface area contributed by atoms with E-state index in [4.69, 9.17) is 0 Å². The monoisotopic (exact) mass is 821 g/mol. The van der Waals surface area contributed by atoms with Gasteiger partial charge in [-0.05, 0) is 0 Å². The Bertz CT molecular complexity index is 1110. The summed E-state index contributed by atoms with van der Waals surface area (Å²) in [6, 6.07) is 0. The molecule has 0 spiro atoms. The molecule has 0 aromatic rings. The summed E-state index contributed by atoms with van der Waals surface area (Å²) >= 11 is 0.